The van der Waals surface area contributed by atoms with Crippen LogP contribution in [0.3, 0.4) is 0 Å². The normalized spacial score (nSPS) is 18.0. The SMILES string of the molecule is COCC(=O)N1CCN(Cc2ccc3c(c2)OCO3)CC1. The zero-order valence-corrected chi connectivity index (χ0v) is 12.2. The molecule has 6 heteroatoms. The lowest BCUT2D eigenvalue weighted by molar-refractivity contribution is -0.136. The molecule has 0 N–H and O–H groups in total. The van der Waals surface area contributed by atoms with Crippen molar-refractivity contribution in [3.63, 3.8) is 0 Å². The van der Waals surface area contributed by atoms with Crippen LogP contribution >= 0.6 is 0 Å². The molecular weight excluding hydrogens is 272 g/mol. The van der Waals surface area contributed by atoms with Gasteiger partial charge < -0.3 is 19.1 Å². The highest BCUT2D eigenvalue weighted by Gasteiger charge is 2.21. The summed E-state index contributed by atoms with van der Waals surface area (Å²) >= 11 is 0. The topological polar surface area (TPSA) is 51.2 Å². The summed E-state index contributed by atoms with van der Waals surface area (Å²) in [5.41, 5.74) is 1.20. The van der Waals surface area contributed by atoms with Gasteiger partial charge in [0.15, 0.2) is 11.5 Å². The Morgan fingerprint density at radius 2 is 1.95 bits per heavy atom. The number of amides is 1. The van der Waals surface area contributed by atoms with Crippen molar-refractivity contribution in [1.29, 1.82) is 0 Å². The first-order valence-corrected chi connectivity index (χ1v) is 7.14. The molecule has 1 aromatic rings. The largest absolute Gasteiger partial charge is 0.454 e. The number of fused-ring (bicyclic) bond motifs is 1. The number of ether oxygens (including phenoxy) is 3. The quantitative estimate of drug-likeness (QED) is 0.818. The molecule has 0 aliphatic carbocycles. The van der Waals surface area contributed by atoms with Crippen LogP contribution in [0.25, 0.3) is 0 Å². The lowest BCUT2D eigenvalue weighted by Crippen LogP contribution is -2.49. The Balaban J connectivity index is 1.52. The second-order valence-corrected chi connectivity index (χ2v) is 5.28. The Bertz CT molecular complexity index is 512. The van der Waals surface area contributed by atoms with E-state index in [0.717, 1.165) is 44.2 Å². The van der Waals surface area contributed by atoms with Crippen LogP contribution in [-0.2, 0) is 16.1 Å². The molecule has 0 radical (unpaired) electrons. The molecule has 2 aliphatic heterocycles. The summed E-state index contributed by atoms with van der Waals surface area (Å²) in [5.74, 6) is 1.70. The van der Waals surface area contributed by atoms with E-state index in [1.54, 1.807) is 7.11 Å². The van der Waals surface area contributed by atoms with Gasteiger partial charge in [-0.05, 0) is 17.7 Å². The molecule has 114 valence electrons. The standard InChI is InChI=1S/C15H20N2O4/c1-19-10-15(18)17-6-4-16(5-7-17)9-12-2-3-13-14(8-12)21-11-20-13/h2-3,8H,4-7,9-11H2,1H3. The second kappa shape index (κ2) is 6.32. The van der Waals surface area contributed by atoms with Crippen molar-refractivity contribution in [2.75, 3.05) is 46.7 Å². The van der Waals surface area contributed by atoms with E-state index in [0.29, 0.717) is 6.79 Å². The van der Waals surface area contributed by atoms with E-state index in [-0.39, 0.29) is 12.5 Å². The van der Waals surface area contributed by atoms with Crippen LogP contribution in [0.5, 0.6) is 11.5 Å². The van der Waals surface area contributed by atoms with Gasteiger partial charge in [-0.25, -0.2) is 0 Å². The van der Waals surface area contributed by atoms with E-state index in [4.69, 9.17) is 14.2 Å². The number of nitrogens with zero attached hydrogens (tertiary/aromatic N) is 2. The smallest absolute Gasteiger partial charge is 0.248 e. The number of carbonyl (C=O) groups is 1. The Morgan fingerprint density at radius 3 is 2.71 bits per heavy atom. The minimum absolute atomic E-state index is 0.0697. The molecular formula is C15H20N2O4. The third-order valence-electron chi connectivity index (χ3n) is 3.84. The van der Waals surface area contributed by atoms with Crippen LogP contribution in [0.1, 0.15) is 5.56 Å². The Labute approximate surface area is 124 Å². The zero-order valence-electron chi connectivity index (χ0n) is 12.2. The Morgan fingerprint density at radius 1 is 1.19 bits per heavy atom. The maximum Gasteiger partial charge on any atom is 0.248 e. The van der Waals surface area contributed by atoms with Crippen molar-refractivity contribution in [2.24, 2.45) is 0 Å². The maximum atomic E-state index is 11.7. The van der Waals surface area contributed by atoms with Gasteiger partial charge in [0.25, 0.3) is 0 Å². The number of rotatable bonds is 4. The molecule has 0 spiro atoms. The van der Waals surface area contributed by atoms with Crippen LogP contribution in [0, 0.1) is 0 Å². The van der Waals surface area contributed by atoms with Gasteiger partial charge in [0, 0.05) is 39.8 Å². The third-order valence-corrected chi connectivity index (χ3v) is 3.84. The summed E-state index contributed by atoms with van der Waals surface area (Å²) in [6.45, 7) is 4.61. The summed E-state index contributed by atoms with van der Waals surface area (Å²) in [4.78, 5) is 15.9. The van der Waals surface area contributed by atoms with Crippen molar-refractivity contribution >= 4 is 5.91 Å². The predicted molar refractivity (Wildman–Crippen MR) is 76.3 cm³/mol. The molecule has 0 aromatic heterocycles. The number of hydrogen-bond donors (Lipinski definition) is 0. The Kier molecular flexibility index (Phi) is 4.26. The summed E-state index contributed by atoms with van der Waals surface area (Å²) in [7, 11) is 1.55. The van der Waals surface area contributed by atoms with Gasteiger partial charge >= 0.3 is 0 Å². The van der Waals surface area contributed by atoms with E-state index in [1.807, 2.05) is 17.0 Å². The fourth-order valence-electron chi connectivity index (χ4n) is 2.67. The highest BCUT2D eigenvalue weighted by Crippen LogP contribution is 2.32. The molecule has 2 heterocycles. The Hall–Kier alpha value is -1.79. The monoisotopic (exact) mass is 292 g/mol. The highest BCUT2D eigenvalue weighted by molar-refractivity contribution is 5.77. The van der Waals surface area contributed by atoms with Gasteiger partial charge in [0.2, 0.25) is 12.7 Å². The van der Waals surface area contributed by atoms with Gasteiger partial charge in [0.1, 0.15) is 6.61 Å². The molecule has 6 nitrogen and oxygen atoms in total. The van der Waals surface area contributed by atoms with Crippen molar-refractivity contribution < 1.29 is 19.0 Å². The van der Waals surface area contributed by atoms with Gasteiger partial charge in [-0.1, -0.05) is 6.07 Å². The van der Waals surface area contributed by atoms with Crippen molar-refractivity contribution in [3.8, 4) is 11.5 Å². The van der Waals surface area contributed by atoms with Crippen LogP contribution in [0.2, 0.25) is 0 Å². The first-order chi connectivity index (χ1) is 10.3. The summed E-state index contributed by atoms with van der Waals surface area (Å²) < 4.78 is 15.6. The predicted octanol–water partition coefficient (Wildman–Crippen LogP) is 0.706. The molecule has 1 fully saturated rings. The maximum absolute atomic E-state index is 11.7. The van der Waals surface area contributed by atoms with Gasteiger partial charge in [-0.2, -0.15) is 0 Å². The van der Waals surface area contributed by atoms with E-state index in [9.17, 15) is 4.79 Å². The van der Waals surface area contributed by atoms with E-state index >= 15 is 0 Å². The number of hydrogen-bond acceptors (Lipinski definition) is 5. The third kappa shape index (κ3) is 3.28. The van der Waals surface area contributed by atoms with Crippen LogP contribution in [0.4, 0.5) is 0 Å². The summed E-state index contributed by atoms with van der Waals surface area (Å²) in [6, 6.07) is 6.05. The van der Waals surface area contributed by atoms with E-state index in [2.05, 4.69) is 11.0 Å². The first kappa shape index (κ1) is 14.2. The molecule has 1 amide bonds. The molecule has 0 bridgehead atoms. The van der Waals surface area contributed by atoms with Crippen molar-refractivity contribution in [2.45, 2.75) is 6.54 Å². The van der Waals surface area contributed by atoms with E-state index < -0.39 is 0 Å². The van der Waals surface area contributed by atoms with Crippen LogP contribution in [-0.4, -0.2) is 62.4 Å². The number of benzene rings is 1. The average Bonchev–Trinajstić information content (AvgIpc) is 2.96. The first-order valence-electron chi connectivity index (χ1n) is 7.14. The molecule has 0 atom stereocenters. The van der Waals surface area contributed by atoms with Crippen LogP contribution in [0.15, 0.2) is 18.2 Å². The number of piperazine rings is 1. The van der Waals surface area contributed by atoms with E-state index in [1.165, 1.54) is 5.56 Å². The van der Waals surface area contributed by atoms with Gasteiger partial charge in [-0.15, -0.1) is 0 Å². The minimum Gasteiger partial charge on any atom is -0.454 e. The average molecular weight is 292 g/mol. The number of carbonyl (C=O) groups excluding carboxylic acids is 1. The molecule has 21 heavy (non-hydrogen) atoms. The molecule has 1 saturated heterocycles. The fraction of sp³-hybridized carbons (Fsp3) is 0.533. The minimum atomic E-state index is 0.0697. The molecule has 0 unspecified atom stereocenters. The summed E-state index contributed by atoms with van der Waals surface area (Å²) in [5, 5.41) is 0. The van der Waals surface area contributed by atoms with Crippen molar-refractivity contribution in [1.82, 2.24) is 9.80 Å². The molecule has 1 aromatic carbocycles. The summed E-state index contributed by atoms with van der Waals surface area (Å²) in [6.07, 6.45) is 0. The molecule has 2 aliphatic rings. The molecule has 0 saturated carbocycles. The zero-order chi connectivity index (χ0) is 14.7. The highest BCUT2D eigenvalue weighted by atomic mass is 16.7. The van der Waals surface area contributed by atoms with Crippen molar-refractivity contribution in [3.05, 3.63) is 23.8 Å². The van der Waals surface area contributed by atoms with Gasteiger partial charge in [-0.3, -0.25) is 9.69 Å². The van der Waals surface area contributed by atoms with Crippen LogP contribution < -0.4 is 9.47 Å². The second-order valence-electron chi connectivity index (χ2n) is 5.28. The van der Waals surface area contributed by atoms with Gasteiger partial charge in [0.05, 0.1) is 0 Å². The number of methoxy groups -OCH3 is 1. The fourth-order valence-corrected chi connectivity index (χ4v) is 2.67. The lowest BCUT2D eigenvalue weighted by Gasteiger charge is -2.34. The molecule has 3 rings (SSSR count). The lowest BCUT2D eigenvalue weighted by atomic mass is 10.1.